The Hall–Kier alpha value is -1.14. The molecule has 0 bridgehead atoms. The average molecular weight is 194 g/mol. The molecule has 4 heteroatoms. The summed E-state index contributed by atoms with van der Waals surface area (Å²) in [4.78, 5) is 8.13. The van der Waals surface area contributed by atoms with Crippen LogP contribution in [-0.2, 0) is 6.42 Å². The fraction of sp³-hybridized carbons (Fsp3) is 0.444. The lowest BCUT2D eigenvalue weighted by Gasteiger charge is -1.98. The van der Waals surface area contributed by atoms with Crippen LogP contribution < -0.4 is 0 Å². The summed E-state index contributed by atoms with van der Waals surface area (Å²) in [6, 6.07) is 1.93. The van der Waals surface area contributed by atoms with E-state index in [2.05, 4.69) is 9.97 Å². The molecule has 1 fully saturated rings. The van der Waals surface area contributed by atoms with Gasteiger partial charge in [0.2, 0.25) is 0 Å². The van der Waals surface area contributed by atoms with Crippen LogP contribution in [0.25, 0.3) is 0 Å². The normalized spacial score (nSPS) is 15.4. The molecule has 0 saturated heterocycles. The second-order valence-electron chi connectivity index (χ2n) is 3.25. The highest BCUT2D eigenvalue weighted by Crippen LogP contribution is 2.31. The molecule has 0 aliphatic heterocycles. The second-order valence-corrected chi connectivity index (χ2v) is 3.61. The lowest BCUT2D eigenvalue weighted by molar-refractivity contribution is 0.768. The Morgan fingerprint density at radius 2 is 2.38 bits per heavy atom. The van der Waals surface area contributed by atoms with E-state index in [-0.39, 0.29) is 5.15 Å². The van der Waals surface area contributed by atoms with Crippen molar-refractivity contribution >= 4 is 11.6 Å². The summed E-state index contributed by atoms with van der Waals surface area (Å²) in [5.41, 5.74) is 0.348. The quantitative estimate of drug-likeness (QED) is 0.675. The summed E-state index contributed by atoms with van der Waals surface area (Å²) in [6.45, 7) is 0. The lowest BCUT2D eigenvalue weighted by Crippen LogP contribution is -1.97. The summed E-state index contributed by atoms with van der Waals surface area (Å²) in [7, 11) is 0. The van der Waals surface area contributed by atoms with Crippen molar-refractivity contribution in [2.75, 3.05) is 0 Å². The van der Waals surface area contributed by atoms with Gasteiger partial charge in [0.05, 0.1) is 0 Å². The summed E-state index contributed by atoms with van der Waals surface area (Å²) in [6.07, 6.45) is 4.92. The first-order valence-corrected chi connectivity index (χ1v) is 4.59. The molecule has 1 aliphatic rings. The molecule has 0 N–H and O–H groups in total. The van der Waals surface area contributed by atoms with Gasteiger partial charge in [-0.1, -0.05) is 11.6 Å². The second kappa shape index (κ2) is 3.31. The van der Waals surface area contributed by atoms with Crippen LogP contribution in [0, 0.1) is 17.2 Å². The largest absolute Gasteiger partial charge is 0.240 e. The highest BCUT2D eigenvalue weighted by atomic mass is 35.5. The van der Waals surface area contributed by atoms with E-state index in [1.807, 2.05) is 6.07 Å². The Bertz CT molecular complexity index is 366. The number of aromatic nitrogens is 2. The maximum atomic E-state index is 8.59. The van der Waals surface area contributed by atoms with E-state index in [1.54, 1.807) is 0 Å². The Labute approximate surface area is 81.4 Å². The first-order valence-electron chi connectivity index (χ1n) is 4.21. The molecule has 0 atom stereocenters. The van der Waals surface area contributed by atoms with Crippen molar-refractivity contribution in [3.05, 3.63) is 22.7 Å². The van der Waals surface area contributed by atoms with E-state index in [0.29, 0.717) is 5.56 Å². The number of rotatable bonds is 2. The molecule has 3 nitrogen and oxygen atoms in total. The Balaban J connectivity index is 2.19. The van der Waals surface area contributed by atoms with Gasteiger partial charge in [-0.25, -0.2) is 9.97 Å². The number of nitrogens with zero attached hydrogens (tertiary/aromatic N) is 3. The molecule has 1 aromatic rings. The van der Waals surface area contributed by atoms with Gasteiger partial charge in [-0.15, -0.1) is 0 Å². The summed E-state index contributed by atoms with van der Waals surface area (Å²) in [5.74, 6) is 1.50. The van der Waals surface area contributed by atoms with Crippen LogP contribution in [0.15, 0.2) is 6.20 Å². The molecule has 0 aromatic carbocycles. The van der Waals surface area contributed by atoms with Crippen LogP contribution in [0.2, 0.25) is 5.15 Å². The van der Waals surface area contributed by atoms with Crippen molar-refractivity contribution < 1.29 is 0 Å². The van der Waals surface area contributed by atoms with E-state index >= 15 is 0 Å². The SMILES string of the molecule is N#Cc1cnc(CC2CC2)nc1Cl. The van der Waals surface area contributed by atoms with Crippen molar-refractivity contribution in [3.63, 3.8) is 0 Å². The molecule has 13 heavy (non-hydrogen) atoms. The van der Waals surface area contributed by atoms with Gasteiger partial charge in [0.25, 0.3) is 0 Å². The van der Waals surface area contributed by atoms with Crippen LogP contribution in [0.1, 0.15) is 24.2 Å². The van der Waals surface area contributed by atoms with Crippen molar-refractivity contribution in [1.82, 2.24) is 9.97 Å². The molecule has 0 amide bonds. The van der Waals surface area contributed by atoms with Crippen molar-refractivity contribution in [1.29, 1.82) is 5.26 Å². The van der Waals surface area contributed by atoms with Gasteiger partial charge in [0.15, 0.2) is 5.15 Å². The molecule has 0 unspecified atom stereocenters. The molecule has 0 radical (unpaired) electrons. The third-order valence-corrected chi connectivity index (χ3v) is 2.37. The maximum Gasteiger partial charge on any atom is 0.150 e. The molecule has 1 aliphatic carbocycles. The average Bonchev–Trinajstić information content (AvgIpc) is 2.89. The zero-order chi connectivity index (χ0) is 9.26. The molecule has 2 rings (SSSR count). The van der Waals surface area contributed by atoms with Crippen molar-refractivity contribution in [3.8, 4) is 6.07 Å². The van der Waals surface area contributed by atoms with E-state index in [4.69, 9.17) is 16.9 Å². The van der Waals surface area contributed by atoms with Crippen LogP contribution in [0.3, 0.4) is 0 Å². The Kier molecular flexibility index (Phi) is 2.15. The molecule has 0 spiro atoms. The molecule has 66 valence electrons. The Morgan fingerprint density at radius 1 is 1.62 bits per heavy atom. The van der Waals surface area contributed by atoms with Gasteiger partial charge in [-0.2, -0.15) is 5.26 Å². The molecule has 1 saturated carbocycles. The van der Waals surface area contributed by atoms with Crippen molar-refractivity contribution in [2.45, 2.75) is 19.3 Å². The summed E-state index contributed by atoms with van der Waals surface area (Å²) < 4.78 is 0. The smallest absolute Gasteiger partial charge is 0.150 e. The zero-order valence-corrected chi connectivity index (χ0v) is 7.75. The number of hydrogen-bond donors (Lipinski definition) is 0. The first-order chi connectivity index (χ1) is 6.29. The molecule has 1 aromatic heterocycles. The number of halogens is 1. The van der Waals surface area contributed by atoms with E-state index in [1.165, 1.54) is 19.0 Å². The third-order valence-electron chi connectivity index (χ3n) is 2.08. The summed E-state index contributed by atoms with van der Waals surface area (Å²) in [5, 5.41) is 8.86. The maximum absolute atomic E-state index is 8.59. The third kappa shape index (κ3) is 1.96. The van der Waals surface area contributed by atoms with Gasteiger partial charge < -0.3 is 0 Å². The molecule has 1 heterocycles. The zero-order valence-electron chi connectivity index (χ0n) is 7.00. The minimum atomic E-state index is 0.271. The monoisotopic (exact) mass is 193 g/mol. The highest BCUT2D eigenvalue weighted by Gasteiger charge is 2.23. The minimum absolute atomic E-state index is 0.271. The topological polar surface area (TPSA) is 49.6 Å². The highest BCUT2D eigenvalue weighted by molar-refractivity contribution is 6.30. The predicted molar refractivity (Wildman–Crippen MR) is 48.2 cm³/mol. The molecular formula is C9H8ClN3. The van der Waals surface area contributed by atoms with E-state index in [0.717, 1.165) is 18.2 Å². The fourth-order valence-corrected chi connectivity index (χ4v) is 1.34. The number of hydrogen-bond acceptors (Lipinski definition) is 3. The van der Waals surface area contributed by atoms with E-state index in [9.17, 15) is 0 Å². The van der Waals surface area contributed by atoms with Gasteiger partial charge in [-0.3, -0.25) is 0 Å². The lowest BCUT2D eigenvalue weighted by atomic mass is 10.3. The van der Waals surface area contributed by atoms with Crippen molar-refractivity contribution in [2.24, 2.45) is 5.92 Å². The van der Waals surface area contributed by atoms with Gasteiger partial charge in [-0.05, 0) is 18.8 Å². The van der Waals surface area contributed by atoms with Gasteiger partial charge in [0.1, 0.15) is 17.5 Å². The van der Waals surface area contributed by atoms with Gasteiger partial charge in [0, 0.05) is 12.6 Å². The molecular weight excluding hydrogens is 186 g/mol. The van der Waals surface area contributed by atoms with Crippen LogP contribution >= 0.6 is 11.6 Å². The predicted octanol–water partition coefficient (Wildman–Crippen LogP) is 1.95. The van der Waals surface area contributed by atoms with Crippen LogP contribution in [-0.4, -0.2) is 9.97 Å². The fourth-order valence-electron chi connectivity index (χ4n) is 1.15. The van der Waals surface area contributed by atoms with E-state index < -0.39 is 0 Å². The van der Waals surface area contributed by atoms with Crippen LogP contribution in [0.4, 0.5) is 0 Å². The Morgan fingerprint density at radius 3 is 2.92 bits per heavy atom. The standard InChI is InChI=1S/C9H8ClN3/c10-9-7(4-11)5-12-8(13-9)3-6-1-2-6/h5-6H,1-3H2. The number of nitriles is 1. The summed E-state index contributed by atoms with van der Waals surface area (Å²) >= 11 is 5.76. The first kappa shape index (κ1) is 8.46. The van der Waals surface area contributed by atoms with Crippen LogP contribution in [0.5, 0.6) is 0 Å². The minimum Gasteiger partial charge on any atom is -0.240 e. The van der Waals surface area contributed by atoms with Gasteiger partial charge >= 0.3 is 0 Å².